The summed E-state index contributed by atoms with van der Waals surface area (Å²) < 4.78 is 0. The van der Waals surface area contributed by atoms with Gasteiger partial charge in [0.25, 0.3) is 0 Å². The number of carboxylic acids is 1. The van der Waals surface area contributed by atoms with Crippen molar-refractivity contribution in [1.29, 1.82) is 0 Å². The number of para-hydroxylation sites is 1. The van der Waals surface area contributed by atoms with Gasteiger partial charge in [-0.2, -0.15) is 0 Å². The summed E-state index contributed by atoms with van der Waals surface area (Å²) in [6, 6.07) is 6.91. The molecule has 3 fully saturated rings. The van der Waals surface area contributed by atoms with Crippen LogP contribution in [0.2, 0.25) is 0 Å². The van der Waals surface area contributed by atoms with E-state index in [1.807, 2.05) is 6.07 Å². The normalized spacial score (nSPS) is 22.2. The number of carboxylic acid groups (broad SMARTS) is 1. The predicted molar refractivity (Wildman–Crippen MR) is 124 cm³/mol. The third kappa shape index (κ3) is 4.54. The first-order chi connectivity index (χ1) is 15.1. The highest BCUT2D eigenvalue weighted by Crippen LogP contribution is 2.57. The number of benzene rings is 1. The van der Waals surface area contributed by atoms with Gasteiger partial charge in [-0.05, 0) is 68.4 Å². The molecule has 170 valence electrons. The predicted octanol–water partition coefficient (Wildman–Crippen LogP) is 7.05. The van der Waals surface area contributed by atoms with Crippen LogP contribution in [0.25, 0.3) is 0 Å². The fraction of sp³-hybridized carbons (Fsp3) is 0.704. The van der Waals surface area contributed by atoms with Crippen LogP contribution in [0.4, 0.5) is 5.69 Å². The Morgan fingerprint density at radius 1 is 0.710 bits per heavy atom. The molecule has 4 nitrogen and oxygen atoms in total. The lowest BCUT2D eigenvalue weighted by Gasteiger charge is -2.53. The van der Waals surface area contributed by atoms with Gasteiger partial charge in [-0.3, -0.25) is 4.79 Å². The maximum Gasteiger partial charge on any atom is 0.337 e. The Hall–Kier alpha value is -1.84. The van der Waals surface area contributed by atoms with E-state index in [9.17, 15) is 14.7 Å². The van der Waals surface area contributed by atoms with E-state index in [-0.39, 0.29) is 16.9 Å². The molecule has 0 radical (unpaired) electrons. The second kappa shape index (κ2) is 10.2. The lowest BCUT2D eigenvalue weighted by molar-refractivity contribution is -0.144. The van der Waals surface area contributed by atoms with Crippen LogP contribution < -0.4 is 5.32 Å². The molecule has 3 aliphatic rings. The zero-order valence-corrected chi connectivity index (χ0v) is 18.9. The molecule has 0 saturated heterocycles. The maximum atomic E-state index is 14.4. The topological polar surface area (TPSA) is 66.4 Å². The number of hydrogen-bond donors (Lipinski definition) is 2. The summed E-state index contributed by atoms with van der Waals surface area (Å²) in [5.41, 5.74) is 0.319. The van der Waals surface area contributed by atoms with Crippen molar-refractivity contribution in [3.05, 3.63) is 29.8 Å². The van der Waals surface area contributed by atoms with Crippen LogP contribution in [0.5, 0.6) is 0 Å². The van der Waals surface area contributed by atoms with Crippen LogP contribution in [0.3, 0.4) is 0 Å². The van der Waals surface area contributed by atoms with Gasteiger partial charge in [-0.25, -0.2) is 4.79 Å². The Kier molecular flexibility index (Phi) is 7.35. The summed E-state index contributed by atoms with van der Waals surface area (Å²) in [4.78, 5) is 26.2. The highest BCUT2D eigenvalue weighted by molar-refractivity contribution is 6.02. The minimum atomic E-state index is -0.977. The average Bonchev–Trinajstić information content (AvgIpc) is 2.82. The average molecular weight is 426 g/mol. The van der Waals surface area contributed by atoms with Gasteiger partial charge in [0.15, 0.2) is 0 Å². The van der Waals surface area contributed by atoms with Gasteiger partial charge in [-0.15, -0.1) is 0 Å². The van der Waals surface area contributed by atoms with E-state index in [0.29, 0.717) is 23.4 Å². The first-order valence-corrected chi connectivity index (χ1v) is 12.8. The van der Waals surface area contributed by atoms with Gasteiger partial charge >= 0.3 is 5.97 Å². The molecule has 1 aromatic rings. The van der Waals surface area contributed by atoms with Crippen molar-refractivity contribution in [3.63, 3.8) is 0 Å². The summed E-state index contributed by atoms with van der Waals surface area (Å²) in [6.45, 7) is 0. The molecule has 0 atom stereocenters. The number of carbonyl (C=O) groups is 2. The van der Waals surface area contributed by atoms with E-state index >= 15 is 0 Å². The van der Waals surface area contributed by atoms with Gasteiger partial charge in [0.05, 0.1) is 16.7 Å². The molecule has 1 amide bonds. The van der Waals surface area contributed by atoms with Gasteiger partial charge in [0.2, 0.25) is 5.91 Å². The molecule has 3 aliphatic carbocycles. The van der Waals surface area contributed by atoms with Crippen LogP contribution in [0.1, 0.15) is 107 Å². The summed E-state index contributed by atoms with van der Waals surface area (Å²) in [6.07, 6.45) is 18.1. The zero-order valence-electron chi connectivity index (χ0n) is 18.9. The van der Waals surface area contributed by atoms with Gasteiger partial charge in [0, 0.05) is 0 Å². The van der Waals surface area contributed by atoms with Crippen LogP contribution in [-0.4, -0.2) is 17.0 Å². The monoisotopic (exact) mass is 425 g/mol. The SMILES string of the molecule is O=C(O)c1ccccc1NC(=O)C(C1CCCCC1)(C1CCCCC1)C1CCCCC1. The molecule has 0 aliphatic heterocycles. The Balaban J connectivity index is 1.75. The number of aromatic carboxylic acids is 1. The first kappa shape index (κ1) is 22.4. The van der Waals surface area contributed by atoms with Crippen LogP contribution >= 0.6 is 0 Å². The lowest BCUT2D eigenvalue weighted by Crippen LogP contribution is -2.54. The maximum absolute atomic E-state index is 14.4. The largest absolute Gasteiger partial charge is 0.478 e. The third-order valence-electron chi connectivity index (χ3n) is 8.64. The molecular formula is C27H39NO3. The summed E-state index contributed by atoms with van der Waals surface area (Å²) >= 11 is 0. The van der Waals surface area contributed by atoms with Gasteiger partial charge in [0.1, 0.15) is 0 Å². The fourth-order valence-corrected chi connectivity index (χ4v) is 7.31. The second-order valence-corrected chi connectivity index (χ2v) is 10.2. The van der Waals surface area contributed by atoms with E-state index in [2.05, 4.69) is 5.32 Å². The molecule has 1 aromatic carbocycles. The second-order valence-electron chi connectivity index (χ2n) is 10.2. The van der Waals surface area contributed by atoms with Crippen LogP contribution in [0.15, 0.2) is 24.3 Å². The van der Waals surface area contributed by atoms with Crippen molar-refractivity contribution in [2.75, 3.05) is 5.32 Å². The van der Waals surface area contributed by atoms with E-state index in [1.54, 1.807) is 18.2 Å². The molecule has 0 bridgehead atoms. The summed E-state index contributed by atoms with van der Waals surface area (Å²) in [5, 5.41) is 12.9. The molecule has 0 aromatic heterocycles. The van der Waals surface area contributed by atoms with Crippen molar-refractivity contribution in [2.45, 2.75) is 96.3 Å². The van der Waals surface area contributed by atoms with E-state index in [1.165, 1.54) is 57.8 Å². The molecule has 0 spiro atoms. The highest BCUT2D eigenvalue weighted by Gasteiger charge is 2.55. The molecule has 4 rings (SSSR count). The van der Waals surface area contributed by atoms with Crippen molar-refractivity contribution in [3.8, 4) is 0 Å². The zero-order chi connectivity index (χ0) is 21.7. The standard InChI is InChI=1S/C27H39NO3/c29-25(30)23-18-10-11-19-24(23)28-26(31)27(20-12-4-1-5-13-20,21-14-6-2-7-15-21)22-16-8-3-9-17-22/h10-11,18-22H,1-9,12-17H2,(H,28,31)(H,29,30). The molecule has 2 N–H and O–H groups in total. The minimum Gasteiger partial charge on any atom is -0.478 e. The third-order valence-corrected chi connectivity index (χ3v) is 8.64. The Bertz CT molecular complexity index is 710. The molecule has 4 heteroatoms. The van der Waals surface area contributed by atoms with Gasteiger partial charge < -0.3 is 10.4 Å². The quantitative estimate of drug-likeness (QED) is 0.513. The number of carbonyl (C=O) groups excluding carboxylic acids is 1. The highest BCUT2D eigenvalue weighted by atomic mass is 16.4. The number of anilines is 1. The summed E-state index contributed by atoms with van der Waals surface area (Å²) in [5.74, 6) is 0.458. The number of hydrogen-bond acceptors (Lipinski definition) is 2. The van der Waals surface area contributed by atoms with Gasteiger partial charge in [-0.1, -0.05) is 69.9 Å². The first-order valence-electron chi connectivity index (χ1n) is 12.8. The van der Waals surface area contributed by atoms with E-state index < -0.39 is 5.97 Å². The van der Waals surface area contributed by atoms with Crippen LogP contribution in [-0.2, 0) is 4.79 Å². The lowest BCUT2D eigenvalue weighted by atomic mass is 9.51. The van der Waals surface area contributed by atoms with Crippen molar-refractivity contribution >= 4 is 17.6 Å². The van der Waals surface area contributed by atoms with Crippen molar-refractivity contribution in [1.82, 2.24) is 0 Å². The van der Waals surface area contributed by atoms with Crippen molar-refractivity contribution in [2.24, 2.45) is 23.2 Å². The van der Waals surface area contributed by atoms with E-state index in [0.717, 1.165) is 38.5 Å². The Morgan fingerprint density at radius 3 is 1.55 bits per heavy atom. The Morgan fingerprint density at radius 2 is 1.13 bits per heavy atom. The molecular weight excluding hydrogens is 386 g/mol. The molecule has 0 unspecified atom stereocenters. The fourth-order valence-electron chi connectivity index (χ4n) is 7.31. The van der Waals surface area contributed by atoms with Crippen LogP contribution in [0, 0.1) is 23.2 Å². The molecule has 3 saturated carbocycles. The van der Waals surface area contributed by atoms with E-state index in [4.69, 9.17) is 0 Å². The molecule has 31 heavy (non-hydrogen) atoms. The number of rotatable bonds is 6. The smallest absolute Gasteiger partial charge is 0.337 e. The Labute approximate surface area is 187 Å². The number of nitrogens with one attached hydrogen (secondary N) is 1. The van der Waals surface area contributed by atoms with Crippen molar-refractivity contribution < 1.29 is 14.7 Å². The minimum absolute atomic E-state index is 0.131. The summed E-state index contributed by atoms with van der Waals surface area (Å²) in [7, 11) is 0. The number of amides is 1. The molecule has 0 heterocycles.